The van der Waals surface area contributed by atoms with Gasteiger partial charge in [0.05, 0.1) is 6.10 Å². The zero-order chi connectivity index (χ0) is 12.3. The van der Waals surface area contributed by atoms with Crippen molar-refractivity contribution < 1.29 is 9.90 Å². The van der Waals surface area contributed by atoms with Crippen molar-refractivity contribution in [1.29, 1.82) is 0 Å². The molecule has 0 bridgehead atoms. The van der Waals surface area contributed by atoms with E-state index in [1.54, 1.807) is 0 Å². The second-order valence-electron chi connectivity index (χ2n) is 4.54. The predicted molar refractivity (Wildman–Crippen MR) is 68.5 cm³/mol. The molecule has 3 nitrogen and oxygen atoms in total. The van der Waals surface area contributed by atoms with Crippen LogP contribution in [0.2, 0.25) is 0 Å². The lowest BCUT2D eigenvalue weighted by Gasteiger charge is -2.33. The van der Waals surface area contributed by atoms with E-state index in [1.807, 2.05) is 31.2 Å². The molecule has 3 heteroatoms. The number of β-amino-alcohol motifs (C(OH)–C–C–N with tert-alkyl or cyclic N) is 1. The first-order valence-corrected chi connectivity index (χ1v) is 6.27. The van der Waals surface area contributed by atoms with E-state index in [9.17, 15) is 9.90 Å². The summed E-state index contributed by atoms with van der Waals surface area (Å²) >= 11 is 0. The Morgan fingerprint density at radius 2 is 2.24 bits per heavy atom. The number of hydrogen-bond acceptors (Lipinski definition) is 3. The number of aliphatic hydroxyl groups is 1. The molecule has 1 fully saturated rings. The topological polar surface area (TPSA) is 40.5 Å². The Morgan fingerprint density at radius 3 is 2.94 bits per heavy atom. The molecule has 1 aromatic rings. The smallest absolute Gasteiger partial charge is 0.164 e. The maximum Gasteiger partial charge on any atom is 0.164 e. The van der Waals surface area contributed by atoms with Crippen molar-refractivity contribution in [2.45, 2.75) is 32.3 Å². The van der Waals surface area contributed by atoms with E-state index in [1.165, 1.54) is 0 Å². The van der Waals surface area contributed by atoms with Gasteiger partial charge in [0.25, 0.3) is 0 Å². The molecule has 92 valence electrons. The normalized spacial score (nSPS) is 20.4. The average Bonchev–Trinajstić information content (AvgIpc) is 2.38. The maximum atomic E-state index is 11.9. The minimum Gasteiger partial charge on any atom is -0.391 e. The Hall–Kier alpha value is -1.35. The Morgan fingerprint density at radius 1 is 1.47 bits per heavy atom. The lowest BCUT2D eigenvalue weighted by Crippen LogP contribution is -2.38. The minimum atomic E-state index is -0.270. The highest BCUT2D eigenvalue weighted by Crippen LogP contribution is 2.25. The molecule has 1 aliphatic heterocycles. The fourth-order valence-electron chi connectivity index (χ4n) is 2.35. The molecule has 17 heavy (non-hydrogen) atoms. The number of anilines is 1. The van der Waals surface area contributed by atoms with Crippen LogP contribution in [-0.2, 0) is 0 Å². The number of hydrogen-bond donors (Lipinski definition) is 1. The van der Waals surface area contributed by atoms with Crippen molar-refractivity contribution in [3.8, 4) is 0 Å². The number of piperidine rings is 1. The number of rotatable bonds is 3. The van der Waals surface area contributed by atoms with Crippen LogP contribution in [0.25, 0.3) is 0 Å². The third kappa shape index (κ3) is 2.67. The number of para-hydroxylation sites is 1. The number of aliphatic hydroxyl groups excluding tert-OH is 1. The van der Waals surface area contributed by atoms with Crippen LogP contribution >= 0.6 is 0 Å². The van der Waals surface area contributed by atoms with E-state index in [-0.39, 0.29) is 11.9 Å². The van der Waals surface area contributed by atoms with Gasteiger partial charge in [0.15, 0.2) is 5.78 Å². The van der Waals surface area contributed by atoms with E-state index >= 15 is 0 Å². The van der Waals surface area contributed by atoms with Gasteiger partial charge in [-0.1, -0.05) is 19.1 Å². The zero-order valence-electron chi connectivity index (χ0n) is 10.2. The third-order valence-corrected chi connectivity index (χ3v) is 3.26. The number of carbonyl (C=O) groups is 1. The largest absolute Gasteiger partial charge is 0.391 e. The lowest BCUT2D eigenvalue weighted by atomic mass is 10.0. The minimum absolute atomic E-state index is 0.167. The highest BCUT2D eigenvalue weighted by Gasteiger charge is 2.21. The highest BCUT2D eigenvalue weighted by atomic mass is 16.3. The molecule has 0 amide bonds. The second kappa shape index (κ2) is 5.32. The van der Waals surface area contributed by atoms with Crippen LogP contribution < -0.4 is 4.90 Å². The standard InChI is InChI=1S/C14H19NO2/c1-2-14(17)12-7-3-4-8-13(12)15-9-5-6-11(16)10-15/h3-4,7-8,11,16H,2,5-6,9-10H2,1H3. The van der Waals surface area contributed by atoms with Gasteiger partial charge in [-0.3, -0.25) is 4.79 Å². The van der Waals surface area contributed by atoms with Crippen LogP contribution in [0.15, 0.2) is 24.3 Å². The van der Waals surface area contributed by atoms with E-state index in [4.69, 9.17) is 0 Å². The second-order valence-corrected chi connectivity index (χ2v) is 4.54. The Bertz CT molecular complexity index is 403. The summed E-state index contributed by atoms with van der Waals surface area (Å²) in [6, 6.07) is 7.69. The molecule has 1 N–H and O–H groups in total. The lowest BCUT2D eigenvalue weighted by molar-refractivity contribution is 0.0987. The summed E-state index contributed by atoms with van der Waals surface area (Å²) in [5.74, 6) is 0.167. The first-order valence-electron chi connectivity index (χ1n) is 6.27. The summed E-state index contributed by atoms with van der Waals surface area (Å²) in [4.78, 5) is 14.0. The van der Waals surface area contributed by atoms with Crippen LogP contribution in [-0.4, -0.2) is 30.1 Å². The summed E-state index contributed by atoms with van der Waals surface area (Å²) in [5, 5.41) is 9.70. The molecular weight excluding hydrogens is 214 g/mol. The monoisotopic (exact) mass is 233 g/mol. The van der Waals surface area contributed by atoms with E-state index < -0.39 is 0 Å². The van der Waals surface area contributed by atoms with Crippen molar-refractivity contribution >= 4 is 11.5 Å². The Kier molecular flexibility index (Phi) is 3.79. The average molecular weight is 233 g/mol. The Labute approximate surface area is 102 Å². The van der Waals surface area contributed by atoms with E-state index in [2.05, 4.69) is 4.90 Å². The number of nitrogens with zero attached hydrogens (tertiary/aromatic N) is 1. The molecule has 1 unspecified atom stereocenters. The van der Waals surface area contributed by atoms with Gasteiger partial charge in [-0.05, 0) is 25.0 Å². The molecule has 0 spiro atoms. The summed E-state index contributed by atoms with van der Waals surface area (Å²) in [5.41, 5.74) is 1.75. The molecule has 0 radical (unpaired) electrons. The van der Waals surface area contributed by atoms with Gasteiger partial charge in [0.1, 0.15) is 0 Å². The van der Waals surface area contributed by atoms with Gasteiger partial charge >= 0.3 is 0 Å². The van der Waals surface area contributed by atoms with Crippen molar-refractivity contribution in [3.05, 3.63) is 29.8 Å². The fourth-order valence-corrected chi connectivity index (χ4v) is 2.35. The van der Waals surface area contributed by atoms with Crippen LogP contribution in [0.3, 0.4) is 0 Å². The fraction of sp³-hybridized carbons (Fsp3) is 0.500. The van der Waals surface area contributed by atoms with Crippen molar-refractivity contribution in [2.24, 2.45) is 0 Å². The Balaban J connectivity index is 2.27. The maximum absolute atomic E-state index is 11.9. The first-order chi connectivity index (χ1) is 8.22. The zero-order valence-corrected chi connectivity index (χ0v) is 10.2. The van der Waals surface area contributed by atoms with Crippen LogP contribution in [0.1, 0.15) is 36.5 Å². The molecule has 0 aliphatic carbocycles. The molecule has 0 aromatic heterocycles. The molecule has 1 saturated heterocycles. The van der Waals surface area contributed by atoms with Crippen molar-refractivity contribution in [3.63, 3.8) is 0 Å². The third-order valence-electron chi connectivity index (χ3n) is 3.26. The van der Waals surface area contributed by atoms with Crippen molar-refractivity contribution in [1.82, 2.24) is 0 Å². The van der Waals surface area contributed by atoms with Crippen molar-refractivity contribution in [2.75, 3.05) is 18.0 Å². The van der Waals surface area contributed by atoms with Gasteiger partial charge in [0.2, 0.25) is 0 Å². The van der Waals surface area contributed by atoms with Gasteiger partial charge < -0.3 is 10.0 Å². The summed E-state index contributed by atoms with van der Waals surface area (Å²) < 4.78 is 0. The van der Waals surface area contributed by atoms with Gasteiger partial charge in [-0.2, -0.15) is 0 Å². The van der Waals surface area contributed by atoms with E-state index in [0.717, 1.165) is 30.6 Å². The first kappa shape index (κ1) is 12.1. The van der Waals surface area contributed by atoms with Crippen LogP contribution in [0.5, 0.6) is 0 Å². The molecule has 0 saturated carbocycles. The summed E-state index contributed by atoms with van der Waals surface area (Å²) in [6.45, 7) is 3.43. The number of carbonyl (C=O) groups excluding carboxylic acids is 1. The summed E-state index contributed by atoms with van der Waals surface area (Å²) in [7, 11) is 0. The number of Topliss-reactive ketones (excluding diaryl/α,β-unsaturated/α-hetero) is 1. The van der Waals surface area contributed by atoms with Gasteiger partial charge in [-0.25, -0.2) is 0 Å². The predicted octanol–water partition coefficient (Wildman–Crippen LogP) is 2.24. The SMILES string of the molecule is CCC(=O)c1ccccc1N1CCCC(O)C1. The molecule has 2 rings (SSSR count). The summed E-state index contributed by atoms with van der Waals surface area (Å²) in [6.07, 6.45) is 2.09. The molecule has 1 atom stereocenters. The van der Waals surface area contributed by atoms with Crippen LogP contribution in [0, 0.1) is 0 Å². The molecular formula is C14H19NO2. The van der Waals surface area contributed by atoms with E-state index in [0.29, 0.717) is 13.0 Å². The molecule has 1 heterocycles. The quantitative estimate of drug-likeness (QED) is 0.814. The number of benzene rings is 1. The van der Waals surface area contributed by atoms with Gasteiger partial charge in [-0.15, -0.1) is 0 Å². The molecule has 1 aliphatic rings. The molecule has 1 aromatic carbocycles. The number of ketones is 1. The van der Waals surface area contributed by atoms with Crippen LogP contribution in [0.4, 0.5) is 5.69 Å². The van der Waals surface area contributed by atoms with Gasteiger partial charge in [0, 0.05) is 30.8 Å². The highest BCUT2D eigenvalue weighted by molar-refractivity contribution is 6.01.